The van der Waals surface area contributed by atoms with Crippen molar-refractivity contribution in [3.8, 4) is 17.0 Å². The van der Waals surface area contributed by atoms with E-state index < -0.39 is 18.1 Å². The van der Waals surface area contributed by atoms with E-state index in [4.69, 9.17) is 9.47 Å². The summed E-state index contributed by atoms with van der Waals surface area (Å²) in [5, 5.41) is 0.985. The van der Waals surface area contributed by atoms with Gasteiger partial charge in [-0.1, -0.05) is 20.3 Å². The number of ether oxygens (including phenoxy) is 2. The smallest absolute Gasteiger partial charge is 0.328 e. The summed E-state index contributed by atoms with van der Waals surface area (Å²) < 4.78 is 11.3. The lowest BCUT2D eigenvalue weighted by Gasteiger charge is -2.37. The number of aryl methyl sites for hydroxylation is 2. The molecule has 0 saturated carbocycles. The van der Waals surface area contributed by atoms with Crippen LogP contribution < -0.4 is 9.64 Å². The first-order valence-electron chi connectivity index (χ1n) is 10.1. The molecule has 0 radical (unpaired) electrons. The highest BCUT2D eigenvalue weighted by Gasteiger charge is 2.39. The maximum Gasteiger partial charge on any atom is 0.328 e. The van der Waals surface area contributed by atoms with Gasteiger partial charge in [0.2, 0.25) is 0 Å². The van der Waals surface area contributed by atoms with Gasteiger partial charge in [0.15, 0.2) is 6.10 Å². The first-order chi connectivity index (χ1) is 13.9. The van der Waals surface area contributed by atoms with E-state index in [0.29, 0.717) is 24.5 Å². The van der Waals surface area contributed by atoms with Crippen LogP contribution in [-0.2, 0) is 14.3 Å². The van der Waals surface area contributed by atoms with Crippen molar-refractivity contribution < 1.29 is 19.1 Å². The molecular formula is C22H28N2O4S. The van der Waals surface area contributed by atoms with Crippen LogP contribution >= 0.6 is 11.3 Å². The molecule has 0 spiro atoms. The Morgan fingerprint density at radius 1 is 1.34 bits per heavy atom. The SMILES string of the molecule is CCCCOC(=O)C(C)N1C(=O)C(CC)Oc2ccc(-c3nc(C)sc3C)cc21. The van der Waals surface area contributed by atoms with Crippen molar-refractivity contribution in [2.45, 2.75) is 66.0 Å². The van der Waals surface area contributed by atoms with Crippen molar-refractivity contribution in [2.24, 2.45) is 0 Å². The zero-order valence-corrected chi connectivity index (χ0v) is 18.5. The summed E-state index contributed by atoms with van der Waals surface area (Å²) in [6, 6.07) is 4.96. The van der Waals surface area contributed by atoms with E-state index in [1.807, 2.05) is 45.9 Å². The third kappa shape index (κ3) is 4.29. The number of hydrogen-bond acceptors (Lipinski definition) is 6. The normalized spacial score (nSPS) is 16.9. The van der Waals surface area contributed by atoms with Crippen LogP contribution in [-0.4, -0.2) is 35.6 Å². The predicted octanol–water partition coefficient (Wildman–Crippen LogP) is 4.66. The van der Waals surface area contributed by atoms with Crippen LogP contribution in [0.3, 0.4) is 0 Å². The van der Waals surface area contributed by atoms with Crippen molar-refractivity contribution in [3.63, 3.8) is 0 Å². The number of aromatic nitrogens is 1. The monoisotopic (exact) mass is 416 g/mol. The molecule has 0 fully saturated rings. The molecule has 2 atom stereocenters. The summed E-state index contributed by atoms with van der Waals surface area (Å²) in [5.74, 6) is -0.0260. The summed E-state index contributed by atoms with van der Waals surface area (Å²) in [6.07, 6.45) is 1.66. The van der Waals surface area contributed by atoms with Gasteiger partial charge in [-0.05, 0) is 51.8 Å². The first kappa shape index (κ1) is 21.3. The Balaban J connectivity index is 1.99. The molecule has 1 aliphatic rings. The van der Waals surface area contributed by atoms with Crippen LogP contribution in [0.15, 0.2) is 18.2 Å². The van der Waals surface area contributed by atoms with Crippen molar-refractivity contribution >= 4 is 28.9 Å². The number of thiazole rings is 1. The van der Waals surface area contributed by atoms with Crippen molar-refractivity contribution in [1.82, 2.24) is 4.98 Å². The van der Waals surface area contributed by atoms with Gasteiger partial charge in [-0.2, -0.15) is 0 Å². The Morgan fingerprint density at radius 3 is 2.72 bits per heavy atom. The summed E-state index contributed by atoms with van der Waals surface area (Å²) in [4.78, 5) is 33.0. The molecule has 156 valence electrons. The minimum atomic E-state index is -0.732. The van der Waals surface area contributed by atoms with E-state index in [1.54, 1.807) is 18.3 Å². The molecule has 0 aliphatic carbocycles. The van der Waals surface area contributed by atoms with E-state index in [-0.39, 0.29) is 5.91 Å². The standard InChI is InChI=1S/C22H28N2O4S/c1-6-8-11-27-22(26)13(3)24-17-12-16(20-14(4)29-15(5)23-20)9-10-19(17)28-18(7-2)21(24)25/h9-10,12-13,18H,6-8,11H2,1-5H3. The second-order valence-electron chi connectivity index (χ2n) is 7.24. The molecule has 0 bridgehead atoms. The highest BCUT2D eigenvalue weighted by Crippen LogP contribution is 2.40. The lowest BCUT2D eigenvalue weighted by atomic mass is 10.0. The Bertz CT molecular complexity index is 908. The first-order valence-corrected chi connectivity index (χ1v) is 10.9. The third-order valence-corrected chi connectivity index (χ3v) is 5.91. The lowest BCUT2D eigenvalue weighted by Crippen LogP contribution is -2.52. The molecule has 1 amide bonds. The predicted molar refractivity (Wildman–Crippen MR) is 115 cm³/mol. The fourth-order valence-electron chi connectivity index (χ4n) is 3.43. The van der Waals surface area contributed by atoms with E-state index in [9.17, 15) is 9.59 Å². The van der Waals surface area contributed by atoms with E-state index in [0.717, 1.165) is 34.0 Å². The minimum absolute atomic E-state index is 0.219. The molecule has 7 heteroatoms. The van der Waals surface area contributed by atoms with Gasteiger partial charge in [0, 0.05) is 10.4 Å². The molecule has 1 aromatic carbocycles. The number of amides is 1. The Kier molecular flexibility index (Phi) is 6.57. The lowest BCUT2D eigenvalue weighted by molar-refractivity contribution is -0.146. The molecule has 2 unspecified atom stereocenters. The van der Waals surface area contributed by atoms with Crippen LogP contribution in [0, 0.1) is 13.8 Å². The molecule has 1 aromatic heterocycles. The number of anilines is 1. The number of unbranched alkanes of at least 4 members (excludes halogenated alkanes) is 1. The molecule has 0 saturated heterocycles. The fraction of sp³-hybridized carbons (Fsp3) is 0.500. The maximum atomic E-state index is 13.1. The maximum absolute atomic E-state index is 13.1. The van der Waals surface area contributed by atoms with Crippen LogP contribution in [0.25, 0.3) is 11.3 Å². The molecule has 29 heavy (non-hydrogen) atoms. The minimum Gasteiger partial charge on any atom is -0.478 e. The number of fused-ring (bicyclic) bond motifs is 1. The number of rotatable bonds is 7. The zero-order chi connectivity index (χ0) is 21.1. The summed E-state index contributed by atoms with van der Waals surface area (Å²) in [7, 11) is 0. The van der Waals surface area contributed by atoms with Crippen molar-refractivity contribution in [2.75, 3.05) is 11.5 Å². The van der Waals surface area contributed by atoms with Crippen molar-refractivity contribution in [1.29, 1.82) is 0 Å². The molecule has 6 nitrogen and oxygen atoms in total. The van der Waals surface area contributed by atoms with Crippen LogP contribution in [0.4, 0.5) is 5.69 Å². The Morgan fingerprint density at radius 2 is 2.10 bits per heavy atom. The Labute approximate surface area is 175 Å². The molecule has 0 N–H and O–H groups in total. The van der Waals surface area contributed by atoms with Crippen LogP contribution in [0.2, 0.25) is 0 Å². The molecule has 2 heterocycles. The number of carbonyl (C=O) groups excluding carboxylic acids is 2. The number of esters is 1. The highest BCUT2D eigenvalue weighted by atomic mass is 32.1. The van der Waals surface area contributed by atoms with Gasteiger partial charge < -0.3 is 9.47 Å². The van der Waals surface area contributed by atoms with E-state index in [1.165, 1.54) is 4.90 Å². The third-order valence-electron chi connectivity index (χ3n) is 5.02. The second kappa shape index (κ2) is 8.95. The van der Waals surface area contributed by atoms with Gasteiger partial charge >= 0.3 is 5.97 Å². The largest absolute Gasteiger partial charge is 0.478 e. The van der Waals surface area contributed by atoms with Gasteiger partial charge in [0.05, 0.1) is 23.0 Å². The number of benzene rings is 1. The summed E-state index contributed by atoms with van der Waals surface area (Å²) >= 11 is 1.63. The summed E-state index contributed by atoms with van der Waals surface area (Å²) in [6.45, 7) is 10.00. The molecular weight excluding hydrogens is 388 g/mol. The zero-order valence-electron chi connectivity index (χ0n) is 17.7. The van der Waals surface area contributed by atoms with Gasteiger partial charge in [0.1, 0.15) is 11.8 Å². The average molecular weight is 417 g/mol. The highest BCUT2D eigenvalue weighted by molar-refractivity contribution is 7.11. The van der Waals surface area contributed by atoms with Gasteiger partial charge in [-0.25, -0.2) is 9.78 Å². The quantitative estimate of drug-likeness (QED) is 0.485. The van der Waals surface area contributed by atoms with E-state index in [2.05, 4.69) is 4.98 Å². The average Bonchev–Trinajstić information content (AvgIpc) is 3.04. The topological polar surface area (TPSA) is 68.7 Å². The second-order valence-corrected chi connectivity index (χ2v) is 8.65. The van der Waals surface area contributed by atoms with Gasteiger partial charge in [-0.3, -0.25) is 9.69 Å². The molecule has 1 aliphatic heterocycles. The van der Waals surface area contributed by atoms with Crippen LogP contribution in [0.1, 0.15) is 49.9 Å². The van der Waals surface area contributed by atoms with E-state index >= 15 is 0 Å². The van der Waals surface area contributed by atoms with Gasteiger partial charge in [0.25, 0.3) is 5.91 Å². The number of carbonyl (C=O) groups is 2. The Hall–Kier alpha value is -2.41. The number of hydrogen-bond donors (Lipinski definition) is 0. The van der Waals surface area contributed by atoms with Gasteiger partial charge in [-0.15, -0.1) is 11.3 Å². The van der Waals surface area contributed by atoms with Crippen molar-refractivity contribution in [3.05, 3.63) is 28.1 Å². The number of nitrogens with zero attached hydrogens (tertiary/aromatic N) is 2. The molecule has 3 rings (SSSR count). The summed E-state index contributed by atoms with van der Waals surface area (Å²) in [5.41, 5.74) is 2.37. The van der Waals surface area contributed by atoms with Crippen LogP contribution in [0.5, 0.6) is 5.75 Å². The molecule has 2 aromatic rings. The fourth-order valence-corrected chi connectivity index (χ4v) is 4.27.